The van der Waals surface area contributed by atoms with Crippen molar-refractivity contribution in [3.05, 3.63) is 12.2 Å². The van der Waals surface area contributed by atoms with E-state index in [1.807, 2.05) is 6.92 Å². The lowest BCUT2D eigenvalue weighted by Gasteiger charge is -2.62. The smallest absolute Gasteiger partial charge is 0.323 e. The van der Waals surface area contributed by atoms with Gasteiger partial charge >= 0.3 is 5.97 Å². The summed E-state index contributed by atoms with van der Waals surface area (Å²) in [5, 5.41) is 0. The monoisotopic (exact) mass is 405 g/mol. The number of methoxy groups -OCH3 is 1. The summed E-state index contributed by atoms with van der Waals surface area (Å²) in [6.45, 7) is 14.2. The predicted molar refractivity (Wildman–Crippen MR) is 112 cm³/mol. The first-order chi connectivity index (χ1) is 13.8. The second-order valence-corrected chi connectivity index (χ2v) is 10.4. The van der Waals surface area contributed by atoms with Crippen LogP contribution in [0.15, 0.2) is 12.2 Å². The number of nitrogens with zero attached hydrogens (tertiary/aromatic N) is 1. The molecule has 2 aliphatic heterocycles. The quantitative estimate of drug-likeness (QED) is 0.519. The summed E-state index contributed by atoms with van der Waals surface area (Å²) in [4.78, 5) is 14.5. The van der Waals surface area contributed by atoms with Crippen molar-refractivity contribution in [2.45, 2.75) is 84.2 Å². The van der Waals surface area contributed by atoms with Gasteiger partial charge in [-0.15, -0.1) is 0 Å². The van der Waals surface area contributed by atoms with Crippen molar-refractivity contribution < 1.29 is 19.0 Å². The number of rotatable bonds is 4. The van der Waals surface area contributed by atoms with Gasteiger partial charge in [0.1, 0.15) is 6.04 Å². The molecule has 4 fully saturated rings. The van der Waals surface area contributed by atoms with Gasteiger partial charge in [0.05, 0.1) is 19.8 Å². The number of hydrogen-bond acceptors (Lipinski definition) is 5. The highest BCUT2D eigenvalue weighted by atomic mass is 16.7. The Labute approximate surface area is 176 Å². The number of esters is 1. The Hall–Kier alpha value is -0.910. The first kappa shape index (κ1) is 21.3. The highest BCUT2D eigenvalue weighted by molar-refractivity contribution is 5.75. The molecule has 0 bridgehead atoms. The van der Waals surface area contributed by atoms with E-state index >= 15 is 0 Å². The maximum atomic E-state index is 12.1. The molecule has 0 amide bonds. The molecule has 0 aromatic rings. The molecule has 4 rings (SSSR count). The van der Waals surface area contributed by atoms with Gasteiger partial charge in [-0.25, -0.2) is 0 Å². The molecule has 4 aliphatic rings. The van der Waals surface area contributed by atoms with Crippen LogP contribution < -0.4 is 0 Å². The molecule has 1 unspecified atom stereocenters. The molecule has 2 heterocycles. The zero-order chi connectivity index (χ0) is 20.8. The van der Waals surface area contributed by atoms with Crippen molar-refractivity contribution >= 4 is 5.97 Å². The highest BCUT2D eigenvalue weighted by Crippen LogP contribution is 2.63. The Bertz CT molecular complexity index is 651. The minimum atomic E-state index is -0.0859. The van der Waals surface area contributed by atoms with E-state index in [0.717, 1.165) is 51.8 Å². The van der Waals surface area contributed by atoms with Crippen LogP contribution in [0.4, 0.5) is 0 Å². The minimum Gasteiger partial charge on any atom is -0.468 e. The SMILES string of the molecule is C=C1CCC2[C@]3(C)CO[C@@H](C)O[C@@H]3CC[C@@]2(C)[C@@H]1CCN1CCC[C@H]1C(=O)OC. The van der Waals surface area contributed by atoms with Crippen LogP contribution in [0.1, 0.15) is 65.7 Å². The molecular weight excluding hydrogens is 366 g/mol. The van der Waals surface area contributed by atoms with Gasteiger partial charge in [0.2, 0.25) is 0 Å². The van der Waals surface area contributed by atoms with Gasteiger partial charge < -0.3 is 14.2 Å². The lowest BCUT2D eigenvalue weighted by atomic mass is 9.46. The zero-order valence-corrected chi connectivity index (χ0v) is 18.7. The van der Waals surface area contributed by atoms with E-state index in [0.29, 0.717) is 17.9 Å². The molecule has 2 aliphatic carbocycles. The molecule has 29 heavy (non-hydrogen) atoms. The molecule has 0 spiro atoms. The van der Waals surface area contributed by atoms with Gasteiger partial charge in [-0.3, -0.25) is 9.69 Å². The van der Waals surface area contributed by atoms with E-state index in [4.69, 9.17) is 14.2 Å². The van der Waals surface area contributed by atoms with Crippen molar-refractivity contribution in [2.75, 3.05) is 26.8 Å². The van der Waals surface area contributed by atoms with Gasteiger partial charge in [0.15, 0.2) is 6.29 Å². The second-order valence-electron chi connectivity index (χ2n) is 10.4. The number of carbonyl (C=O) groups is 1. The number of fused-ring (bicyclic) bond motifs is 3. The van der Waals surface area contributed by atoms with Crippen LogP contribution in [0.3, 0.4) is 0 Å². The van der Waals surface area contributed by atoms with E-state index < -0.39 is 0 Å². The molecule has 0 aromatic carbocycles. The normalized spacial score (nSPS) is 45.5. The van der Waals surface area contributed by atoms with Crippen LogP contribution in [0, 0.1) is 22.7 Å². The molecule has 0 N–H and O–H groups in total. The molecule has 5 nitrogen and oxygen atoms in total. The van der Waals surface area contributed by atoms with Gasteiger partial charge in [0, 0.05) is 5.41 Å². The topological polar surface area (TPSA) is 48.0 Å². The fourth-order valence-electron chi connectivity index (χ4n) is 7.28. The molecular formula is C24H39NO4. The third-order valence-corrected chi connectivity index (χ3v) is 8.84. The maximum absolute atomic E-state index is 12.1. The minimum absolute atomic E-state index is 0.0599. The van der Waals surface area contributed by atoms with Crippen LogP contribution in [-0.4, -0.2) is 56.1 Å². The zero-order valence-electron chi connectivity index (χ0n) is 18.7. The first-order valence-corrected chi connectivity index (χ1v) is 11.6. The molecule has 7 atom stereocenters. The average Bonchev–Trinajstić information content (AvgIpc) is 3.16. The number of ether oxygens (including phenoxy) is 3. The Morgan fingerprint density at radius 1 is 1.28 bits per heavy atom. The Kier molecular flexibility index (Phi) is 5.86. The first-order valence-electron chi connectivity index (χ1n) is 11.6. The molecule has 0 aromatic heterocycles. The lowest BCUT2D eigenvalue weighted by Crippen LogP contribution is -2.61. The number of likely N-dealkylation sites (tertiary alicyclic amines) is 1. The van der Waals surface area contributed by atoms with E-state index in [9.17, 15) is 4.79 Å². The van der Waals surface area contributed by atoms with Gasteiger partial charge in [-0.2, -0.15) is 0 Å². The standard InChI is InChI=1S/C24H39NO4/c1-16-8-9-20-23(3,12-10-21-24(20,4)15-28-17(2)29-21)18(16)11-14-25-13-6-7-19(25)22(26)27-5/h17-21H,1,6-15H2,2-5H3/t17-,18-,19+,20?,21-,23+,24+/m1/s1. The number of carbonyl (C=O) groups excluding carboxylic acids is 1. The van der Waals surface area contributed by atoms with Gasteiger partial charge in [-0.05, 0) is 82.2 Å². The average molecular weight is 406 g/mol. The molecule has 0 radical (unpaired) electrons. The third kappa shape index (κ3) is 3.57. The van der Waals surface area contributed by atoms with Crippen molar-refractivity contribution in [3.63, 3.8) is 0 Å². The van der Waals surface area contributed by atoms with Gasteiger partial charge in [0.25, 0.3) is 0 Å². The fourth-order valence-corrected chi connectivity index (χ4v) is 7.28. The van der Waals surface area contributed by atoms with Crippen molar-refractivity contribution in [3.8, 4) is 0 Å². The maximum Gasteiger partial charge on any atom is 0.323 e. The summed E-state index contributed by atoms with van der Waals surface area (Å²) >= 11 is 0. The summed E-state index contributed by atoms with van der Waals surface area (Å²) in [5.41, 5.74) is 1.72. The Morgan fingerprint density at radius 3 is 2.83 bits per heavy atom. The van der Waals surface area contributed by atoms with Crippen LogP contribution in [0.5, 0.6) is 0 Å². The fraction of sp³-hybridized carbons (Fsp3) is 0.875. The van der Waals surface area contributed by atoms with Crippen molar-refractivity contribution in [1.82, 2.24) is 4.90 Å². The van der Waals surface area contributed by atoms with Crippen LogP contribution >= 0.6 is 0 Å². The summed E-state index contributed by atoms with van der Waals surface area (Å²) in [7, 11) is 1.50. The summed E-state index contributed by atoms with van der Waals surface area (Å²) < 4.78 is 17.3. The largest absolute Gasteiger partial charge is 0.468 e. The molecule has 2 saturated heterocycles. The Morgan fingerprint density at radius 2 is 2.07 bits per heavy atom. The second kappa shape index (κ2) is 7.97. The van der Waals surface area contributed by atoms with E-state index in [1.165, 1.54) is 25.5 Å². The summed E-state index contributed by atoms with van der Waals surface area (Å²) in [5.74, 6) is 1.01. The van der Waals surface area contributed by atoms with E-state index in [-0.39, 0.29) is 29.1 Å². The third-order valence-electron chi connectivity index (χ3n) is 8.84. The van der Waals surface area contributed by atoms with Crippen LogP contribution in [-0.2, 0) is 19.0 Å². The Balaban J connectivity index is 1.50. The van der Waals surface area contributed by atoms with E-state index in [1.54, 1.807) is 0 Å². The van der Waals surface area contributed by atoms with E-state index in [2.05, 4.69) is 25.3 Å². The van der Waals surface area contributed by atoms with Crippen LogP contribution in [0.25, 0.3) is 0 Å². The summed E-state index contributed by atoms with van der Waals surface area (Å²) in [6.07, 6.45) is 7.89. The molecule has 164 valence electrons. The van der Waals surface area contributed by atoms with Crippen molar-refractivity contribution in [1.29, 1.82) is 0 Å². The highest BCUT2D eigenvalue weighted by Gasteiger charge is 2.59. The lowest BCUT2D eigenvalue weighted by molar-refractivity contribution is -0.297. The van der Waals surface area contributed by atoms with Crippen molar-refractivity contribution in [2.24, 2.45) is 22.7 Å². The number of allylic oxidation sites excluding steroid dienone is 1. The molecule has 2 saturated carbocycles. The molecule has 5 heteroatoms. The number of hydrogen-bond donors (Lipinski definition) is 0. The van der Waals surface area contributed by atoms with Gasteiger partial charge in [-0.1, -0.05) is 26.0 Å². The van der Waals surface area contributed by atoms with Crippen LogP contribution in [0.2, 0.25) is 0 Å². The summed E-state index contributed by atoms with van der Waals surface area (Å²) in [6, 6.07) is -0.0599. The predicted octanol–water partition coefficient (Wildman–Crippen LogP) is 4.16.